The summed E-state index contributed by atoms with van der Waals surface area (Å²) in [7, 11) is 0. The molecule has 0 spiro atoms. The predicted molar refractivity (Wildman–Crippen MR) is 82.2 cm³/mol. The number of carbonyl (C=O) groups excluding carboxylic acids is 1. The Morgan fingerprint density at radius 1 is 1.15 bits per heavy atom. The lowest BCUT2D eigenvalue weighted by atomic mass is 9.77. The van der Waals surface area contributed by atoms with Crippen molar-refractivity contribution in [2.45, 2.75) is 58.3 Å². The van der Waals surface area contributed by atoms with E-state index in [9.17, 15) is 4.79 Å². The zero-order valence-electron chi connectivity index (χ0n) is 12.7. The molecule has 20 heavy (non-hydrogen) atoms. The number of hydrogen-bond acceptors (Lipinski definition) is 2. The second-order valence-corrected chi connectivity index (χ2v) is 5.85. The van der Waals surface area contributed by atoms with Crippen LogP contribution in [-0.2, 0) is 4.79 Å². The predicted octanol–water partition coefficient (Wildman–Crippen LogP) is 4.73. The first-order chi connectivity index (χ1) is 9.74. The van der Waals surface area contributed by atoms with Gasteiger partial charge in [-0.25, -0.2) is 0 Å². The minimum Gasteiger partial charge on any atom is -0.494 e. The number of rotatable bonds is 6. The van der Waals surface area contributed by atoms with E-state index in [2.05, 4.69) is 26.0 Å². The maximum absolute atomic E-state index is 12.2. The Morgan fingerprint density at radius 2 is 1.90 bits per heavy atom. The van der Waals surface area contributed by atoms with Crippen LogP contribution in [0.2, 0.25) is 0 Å². The Hall–Kier alpha value is -1.31. The quantitative estimate of drug-likeness (QED) is 0.701. The topological polar surface area (TPSA) is 26.3 Å². The summed E-state index contributed by atoms with van der Waals surface area (Å²) in [5, 5.41) is 0. The van der Waals surface area contributed by atoms with E-state index in [1.54, 1.807) is 0 Å². The summed E-state index contributed by atoms with van der Waals surface area (Å²) < 4.78 is 5.67. The zero-order chi connectivity index (χ0) is 14.4. The maximum Gasteiger partial charge on any atom is 0.140 e. The Kier molecular flexibility index (Phi) is 5.63. The standard InChI is InChI=1S/C18H26O2/c1-3-5-12-20-16-9-7-15(8-10-16)17-11-6-14(4-2)13-18(17)19/h7-10,14,17H,3-6,11-13H2,1-2H3/t14-,17+/m1/s1. The Balaban J connectivity index is 1.94. The second kappa shape index (κ2) is 7.47. The number of ketones is 1. The summed E-state index contributed by atoms with van der Waals surface area (Å²) in [5.41, 5.74) is 1.16. The molecule has 0 radical (unpaired) electrons. The highest BCUT2D eigenvalue weighted by atomic mass is 16.5. The summed E-state index contributed by atoms with van der Waals surface area (Å²) in [6.07, 6.45) is 6.31. The van der Waals surface area contributed by atoms with Gasteiger partial charge in [-0.05, 0) is 42.9 Å². The molecular weight excluding hydrogens is 248 g/mol. The van der Waals surface area contributed by atoms with E-state index < -0.39 is 0 Å². The lowest BCUT2D eigenvalue weighted by Gasteiger charge is -2.27. The van der Waals surface area contributed by atoms with Crippen molar-refractivity contribution in [3.05, 3.63) is 29.8 Å². The highest BCUT2D eigenvalue weighted by Gasteiger charge is 2.28. The van der Waals surface area contributed by atoms with Crippen molar-refractivity contribution in [1.29, 1.82) is 0 Å². The molecule has 0 saturated heterocycles. The molecule has 0 aliphatic heterocycles. The van der Waals surface area contributed by atoms with Gasteiger partial charge in [-0.15, -0.1) is 0 Å². The molecule has 2 rings (SSSR count). The Bertz CT molecular complexity index is 422. The summed E-state index contributed by atoms with van der Waals surface area (Å²) >= 11 is 0. The monoisotopic (exact) mass is 274 g/mol. The first kappa shape index (κ1) is 15.1. The molecule has 1 saturated carbocycles. The summed E-state index contributed by atoms with van der Waals surface area (Å²) in [5.74, 6) is 2.05. The van der Waals surface area contributed by atoms with Crippen molar-refractivity contribution in [2.75, 3.05) is 6.61 Å². The minimum atomic E-state index is 0.113. The molecule has 0 heterocycles. The normalized spacial score (nSPS) is 22.8. The van der Waals surface area contributed by atoms with E-state index in [0.29, 0.717) is 11.7 Å². The van der Waals surface area contributed by atoms with Crippen molar-refractivity contribution < 1.29 is 9.53 Å². The fourth-order valence-electron chi connectivity index (χ4n) is 2.92. The van der Waals surface area contributed by atoms with E-state index in [0.717, 1.165) is 50.0 Å². The molecule has 1 aromatic carbocycles. The Morgan fingerprint density at radius 3 is 2.50 bits per heavy atom. The summed E-state index contributed by atoms with van der Waals surface area (Å²) in [4.78, 5) is 12.2. The molecule has 1 aliphatic carbocycles. The van der Waals surface area contributed by atoms with E-state index in [-0.39, 0.29) is 5.92 Å². The maximum atomic E-state index is 12.2. The smallest absolute Gasteiger partial charge is 0.140 e. The van der Waals surface area contributed by atoms with Crippen molar-refractivity contribution in [2.24, 2.45) is 5.92 Å². The van der Waals surface area contributed by atoms with Gasteiger partial charge in [0.2, 0.25) is 0 Å². The van der Waals surface area contributed by atoms with Gasteiger partial charge in [0.05, 0.1) is 6.61 Å². The third-order valence-corrected chi connectivity index (χ3v) is 4.37. The number of carbonyl (C=O) groups is 1. The average Bonchev–Trinajstić information content (AvgIpc) is 2.48. The SMILES string of the molecule is CCCCOc1ccc([C@@H]2CC[C@@H](CC)CC2=O)cc1. The zero-order valence-corrected chi connectivity index (χ0v) is 12.7. The van der Waals surface area contributed by atoms with Gasteiger partial charge in [-0.2, -0.15) is 0 Å². The number of benzene rings is 1. The van der Waals surface area contributed by atoms with Crippen LogP contribution in [0.3, 0.4) is 0 Å². The average molecular weight is 274 g/mol. The van der Waals surface area contributed by atoms with Crippen molar-refractivity contribution >= 4 is 5.78 Å². The number of unbranched alkanes of at least 4 members (excludes halogenated alkanes) is 1. The van der Waals surface area contributed by atoms with E-state index in [1.165, 1.54) is 6.42 Å². The largest absolute Gasteiger partial charge is 0.494 e. The van der Waals surface area contributed by atoms with Gasteiger partial charge in [0.25, 0.3) is 0 Å². The molecule has 0 amide bonds. The lowest BCUT2D eigenvalue weighted by molar-refractivity contribution is -0.123. The van der Waals surface area contributed by atoms with Gasteiger partial charge in [-0.3, -0.25) is 4.79 Å². The van der Waals surface area contributed by atoms with Crippen LogP contribution in [0.15, 0.2) is 24.3 Å². The van der Waals surface area contributed by atoms with Crippen molar-refractivity contribution in [1.82, 2.24) is 0 Å². The van der Waals surface area contributed by atoms with Gasteiger partial charge in [0, 0.05) is 12.3 Å². The first-order valence-corrected chi connectivity index (χ1v) is 8.00. The number of hydrogen-bond donors (Lipinski definition) is 0. The third kappa shape index (κ3) is 3.84. The van der Waals surface area contributed by atoms with Crippen LogP contribution in [0.5, 0.6) is 5.75 Å². The van der Waals surface area contributed by atoms with Crippen LogP contribution in [0.25, 0.3) is 0 Å². The fourth-order valence-corrected chi connectivity index (χ4v) is 2.92. The molecular formula is C18H26O2. The molecule has 1 fully saturated rings. The fraction of sp³-hybridized carbons (Fsp3) is 0.611. The molecule has 2 atom stereocenters. The minimum absolute atomic E-state index is 0.113. The number of Topliss-reactive ketones (excluding diaryl/α,β-unsaturated/α-hetero) is 1. The van der Waals surface area contributed by atoms with Crippen molar-refractivity contribution in [3.63, 3.8) is 0 Å². The highest BCUT2D eigenvalue weighted by molar-refractivity contribution is 5.86. The van der Waals surface area contributed by atoms with Gasteiger partial charge in [-0.1, -0.05) is 38.8 Å². The van der Waals surface area contributed by atoms with E-state index in [1.807, 2.05) is 12.1 Å². The molecule has 1 aromatic rings. The summed E-state index contributed by atoms with van der Waals surface area (Å²) in [6, 6.07) is 8.14. The van der Waals surface area contributed by atoms with E-state index in [4.69, 9.17) is 4.74 Å². The molecule has 1 aliphatic rings. The van der Waals surface area contributed by atoms with Crippen LogP contribution in [0.1, 0.15) is 63.9 Å². The highest BCUT2D eigenvalue weighted by Crippen LogP contribution is 2.34. The van der Waals surface area contributed by atoms with Crippen LogP contribution < -0.4 is 4.74 Å². The second-order valence-electron chi connectivity index (χ2n) is 5.85. The van der Waals surface area contributed by atoms with Crippen molar-refractivity contribution in [3.8, 4) is 5.75 Å². The van der Waals surface area contributed by atoms with Crippen LogP contribution in [-0.4, -0.2) is 12.4 Å². The van der Waals surface area contributed by atoms with Gasteiger partial charge >= 0.3 is 0 Å². The van der Waals surface area contributed by atoms with Crippen LogP contribution >= 0.6 is 0 Å². The van der Waals surface area contributed by atoms with Gasteiger partial charge in [0.1, 0.15) is 11.5 Å². The summed E-state index contributed by atoms with van der Waals surface area (Å²) in [6.45, 7) is 5.11. The number of ether oxygens (including phenoxy) is 1. The lowest BCUT2D eigenvalue weighted by Crippen LogP contribution is -2.23. The molecule has 0 aromatic heterocycles. The third-order valence-electron chi connectivity index (χ3n) is 4.37. The van der Waals surface area contributed by atoms with Crippen LogP contribution in [0, 0.1) is 5.92 Å². The molecule has 110 valence electrons. The molecule has 2 nitrogen and oxygen atoms in total. The van der Waals surface area contributed by atoms with Gasteiger partial charge in [0.15, 0.2) is 0 Å². The molecule has 0 N–H and O–H groups in total. The molecule has 2 heteroatoms. The van der Waals surface area contributed by atoms with Gasteiger partial charge < -0.3 is 4.74 Å². The van der Waals surface area contributed by atoms with E-state index >= 15 is 0 Å². The van der Waals surface area contributed by atoms with Crippen LogP contribution in [0.4, 0.5) is 0 Å². The molecule has 0 unspecified atom stereocenters. The molecule has 0 bridgehead atoms. The Labute approximate surface area is 122 Å². The first-order valence-electron chi connectivity index (χ1n) is 8.00.